The molecular formula is C19H18N2O3. The predicted molar refractivity (Wildman–Crippen MR) is 90.9 cm³/mol. The number of fused-ring (bicyclic) bond motifs is 1. The van der Waals surface area contributed by atoms with Gasteiger partial charge in [0.15, 0.2) is 0 Å². The van der Waals surface area contributed by atoms with Crippen LogP contribution in [0.3, 0.4) is 0 Å². The highest BCUT2D eigenvalue weighted by Gasteiger charge is 2.40. The lowest BCUT2D eigenvalue weighted by atomic mass is 10.1. The molecule has 0 spiro atoms. The van der Waals surface area contributed by atoms with Gasteiger partial charge in [0.1, 0.15) is 6.04 Å². The highest BCUT2D eigenvalue weighted by atomic mass is 16.2. The third kappa shape index (κ3) is 2.58. The maximum Gasteiger partial charge on any atom is 0.262 e. The van der Waals surface area contributed by atoms with Crippen LogP contribution in [0.1, 0.15) is 38.8 Å². The first-order chi connectivity index (χ1) is 11.4. The van der Waals surface area contributed by atoms with Crippen molar-refractivity contribution in [3.8, 4) is 0 Å². The molecule has 1 atom stereocenters. The van der Waals surface area contributed by atoms with E-state index in [1.807, 2.05) is 32.0 Å². The molecule has 2 aromatic rings. The number of anilines is 1. The summed E-state index contributed by atoms with van der Waals surface area (Å²) >= 11 is 0. The van der Waals surface area contributed by atoms with Crippen LogP contribution in [0.2, 0.25) is 0 Å². The van der Waals surface area contributed by atoms with Gasteiger partial charge in [-0.1, -0.05) is 29.8 Å². The summed E-state index contributed by atoms with van der Waals surface area (Å²) in [5.74, 6) is -1.26. The predicted octanol–water partition coefficient (Wildman–Crippen LogP) is 2.93. The summed E-state index contributed by atoms with van der Waals surface area (Å²) in [6, 6.07) is 11.4. The van der Waals surface area contributed by atoms with Crippen LogP contribution in [0.4, 0.5) is 5.69 Å². The van der Waals surface area contributed by atoms with E-state index in [-0.39, 0.29) is 0 Å². The molecule has 1 heterocycles. The van der Waals surface area contributed by atoms with Gasteiger partial charge >= 0.3 is 0 Å². The minimum Gasteiger partial charge on any atom is -0.324 e. The van der Waals surface area contributed by atoms with E-state index in [4.69, 9.17) is 0 Å². The minimum atomic E-state index is -0.891. The Morgan fingerprint density at radius 2 is 1.58 bits per heavy atom. The highest BCUT2D eigenvalue weighted by Crippen LogP contribution is 2.25. The van der Waals surface area contributed by atoms with Crippen LogP contribution in [0.15, 0.2) is 42.5 Å². The zero-order chi connectivity index (χ0) is 17.4. The Morgan fingerprint density at radius 1 is 1.00 bits per heavy atom. The first-order valence-corrected chi connectivity index (χ1v) is 7.75. The number of benzene rings is 2. The molecule has 24 heavy (non-hydrogen) atoms. The maximum atomic E-state index is 12.5. The van der Waals surface area contributed by atoms with E-state index in [0.717, 1.165) is 16.0 Å². The molecule has 0 aliphatic carbocycles. The van der Waals surface area contributed by atoms with Crippen LogP contribution in [-0.2, 0) is 4.79 Å². The van der Waals surface area contributed by atoms with E-state index in [0.29, 0.717) is 16.8 Å². The van der Waals surface area contributed by atoms with E-state index < -0.39 is 23.8 Å². The second-order valence-electron chi connectivity index (χ2n) is 6.01. The molecule has 1 aliphatic heterocycles. The van der Waals surface area contributed by atoms with Gasteiger partial charge in [-0.2, -0.15) is 0 Å². The molecule has 0 saturated carbocycles. The molecule has 1 N–H and O–H groups in total. The number of nitrogens with zero attached hydrogens (tertiary/aromatic N) is 1. The molecule has 2 aromatic carbocycles. The monoisotopic (exact) mass is 322 g/mol. The Kier molecular flexibility index (Phi) is 3.93. The van der Waals surface area contributed by atoms with Gasteiger partial charge in [-0.05, 0) is 44.5 Å². The Hall–Kier alpha value is -2.95. The molecule has 0 saturated heterocycles. The second-order valence-corrected chi connectivity index (χ2v) is 6.01. The fourth-order valence-corrected chi connectivity index (χ4v) is 2.87. The summed E-state index contributed by atoms with van der Waals surface area (Å²) < 4.78 is 0. The number of amides is 3. The summed E-state index contributed by atoms with van der Waals surface area (Å²) in [7, 11) is 0. The number of hydrogen-bond donors (Lipinski definition) is 1. The summed E-state index contributed by atoms with van der Waals surface area (Å²) in [6.07, 6.45) is 0. The van der Waals surface area contributed by atoms with Crippen LogP contribution in [-0.4, -0.2) is 28.7 Å². The van der Waals surface area contributed by atoms with Crippen molar-refractivity contribution in [1.82, 2.24) is 4.90 Å². The average molecular weight is 322 g/mol. The zero-order valence-corrected chi connectivity index (χ0v) is 13.8. The molecule has 3 amide bonds. The number of rotatable bonds is 3. The van der Waals surface area contributed by atoms with Crippen LogP contribution < -0.4 is 5.32 Å². The smallest absolute Gasteiger partial charge is 0.262 e. The maximum absolute atomic E-state index is 12.5. The van der Waals surface area contributed by atoms with Gasteiger partial charge in [0.25, 0.3) is 11.8 Å². The minimum absolute atomic E-state index is 0.341. The van der Waals surface area contributed by atoms with E-state index in [1.165, 1.54) is 0 Å². The number of carbonyl (C=O) groups excluding carboxylic acids is 3. The largest absolute Gasteiger partial charge is 0.324 e. The third-order valence-electron chi connectivity index (χ3n) is 4.23. The molecule has 5 heteroatoms. The summed E-state index contributed by atoms with van der Waals surface area (Å²) in [5, 5.41) is 2.80. The summed E-state index contributed by atoms with van der Waals surface area (Å²) in [5.41, 5.74) is 3.38. The van der Waals surface area contributed by atoms with Crippen LogP contribution in [0.25, 0.3) is 0 Å². The molecule has 122 valence electrons. The lowest BCUT2D eigenvalue weighted by Gasteiger charge is -2.22. The Balaban J connectivity index is 1.82. The molecule has 0 radical (unpaired) electrons. The van der Waals surface area contributed by atoms with Gasteiger partial charge in [-0.15, -0.1) is 0 Å². The van der Waals surface area contributed by atoms with E-state index in [2.05, 4.69) is 5.32 Å². The van der Waals surface area contributed by atoms with Crippen LogP contribution in [0.5, 0.6) is 0 Å². The summed E-state index contributed by atoms with van der Waals surface area (Å²) in [6.45, 7) is 5.43. The topological polar surface area (TPSA) is 66.5 Å². The van der Waals surface area contributed by atoms with Gasteiger partial charge in [-0.25, -0.2) is 0 Å². The summed E-state index contributed by atoms with van der Waals surface area (Å²) in [4.78, 5) is 38.4. The molecule has 0 unspecified atom stereocenters. The van der Waals surface area contributed by atoms with Crippen molar-refractivity contribution in [1.29, 1.82) is 0 Å². The van der Waals surface area contributed by atoms with Gasteiger partial charge in [-0.3, -0.25) is 19.3 Å². The fraction of sp³-hybridized carbons (Fsp3) is 0.211. The lowest BCUT2D eigenvalue weighted by Crippen LogP contribution is -2.45. The number of nitrogens with one attached hydrogen (secondary N) is 1. The molecule has 0 aromatic heterocycles. The van der Waals surface area contributed by atoms with Crippen molar-refractivity contribution in [2.75, 3.05) is 5.32 Å². The van der Waals surface area contributed by atoms with Gasteiger partial charge < -0.3 is 5.32 Å². The average Bonchev–Trinajstić information content (AvgIpc) is 2.81. The quantitative estimate of drug-likeness (QED) is 0.884. The van der Waals surface area contributed by atoms with Gasteiger partial charge in [0.2, 0.25) is 5.91 Å². The molecule has 0 bridgehead atoms. The van der Waals surface area contributed by atoms with Crippen molar-refractivity contribution in [3.05, 3.63) is 64.7 Å². The number of imide groups is 1. The zero-order valence-electron chi connectivity index (χ0n) is 13.8. The molecule has 3 rings (SSSR count). The van der Waals surface area contributed by atoms with E-state index in [9.17, 15) is 14.4 Å². The number of aryl methyl sites for hydroxylation is 2. The van der Waals surface area contributed by atoms with E-state index >= 15 is 0 Å². The Bertz CT molecular complexity index is 822. The second kappa shape index (κ2) is 5.92. The molecule has 1 aliphatic rings. The van der Waals surface area contributed by atoms with Crippen molar-refractivity contribution >= 4 is 23.4 Å². The van der Waals surface area contributed by atoms with Gasteiger partial charge in [0, 0.05) is 5.69 Å². The first-order valence-electron chi connectivity index (χ1n) is 7.75. The SMILES string of the molecule is Cc1ccc(NC(=O)[C@H](C)N2C(=O)c3ccccc3C2=O)c(C)c1. The Morgan fingerprint density at radius 3 is 2.12 bits per heavy atom. The van der Waals surface area contributed by atoms with Crippen LogP contribution >= 0.6 is 0 Å². The third-order valence-corrected chi connectivity index (χ3v) is 4.23. The van der Waals surface area contributed by atoms with Crippen molar-refractivity contribution < 1.29 is 14.4 Å². The van der Waals surface area contributed by atoms with Crippen molar-refractivity contribution in [2.24, 2.45) is 0 Å². The van der Waals surface area contributed by atoms with Crippen LogP contribution in [0, 0.1) is 13.8 Å². The number of carbonyl (C=O) groups is 3. The fourth-order valence-electron chi connectivity index (χ4n) is 2.87. The Labute approximate surface area is 140 Å². The lowest BCUT2D eigenvalue weighted by molar-refractivity contribution is -0.119. The number of hydrogen-bond acceptors (Lipinski definition) is 3. The van der Waals surface area contributed by atoms with Crippen molar-refractivity contribution in [3.63, 3.8) is 0 Å². The normalized spacial score (nSPS) is 14.5. The standard InChI is InChI=1S/C19H18N2O3/c1-11-8-9-16(12(2)10-11)20-17(22)13(3)21-18(23)14-6-4-5-7-15(14)19(21)24/h4-10,13H,1-3H3,(H,20,22)/t13-/m0/s1. The first kappa shape index (κ1) is 15.9. The van der Waals surface area contributed by atoms with Gasteiger partial charge in [0.05, 0.1) is 11.1 Å². The molecule has 0 fully saturated rings. The molecular weight excluding hydrogens is 304 g/mol. The highest BCUT2D eigenvalue weighted by molar-refractivity contribution is 6.23. The van der Waals surface area contributed by atoms with E-state index in [1.54, 1.807) is 31.2 Å². The molecule has 5 nitrogen and oxygen atoms in total. The van der Waals surface area contributed by atoms with Crippen molar-refractivity contribution in [2.45, 2.75) is 26.8 Å².